The van der Waals surface area contributed by atoms with E-state index in [1.165, 1.54) is 6.07 Å². The minimum Gasteiger partial charge on any atom is -0.372 e. The summed E-state index contributed by atoms with van der Waals surface area (Å²) in [7, 11) is 0. The van der Waals surface area contributed by atoms with Crippen molar-refractivity contribution >= 4 is 5.69 Å². The number of benzene rings is 1. The van der Waals surface area contributed by atoms with E-state index in [1.54, 1.807) is 6.07 Å². The van der Waals surface area contributed by atoms with Crippen LogP contribution in [0.5, 0.6) is 0 Å². The molecular formula is C16H28FN3. The monoisotopic (exact) mass is 281 g/mol. The van der Waals surface area contributed by atoms with Crippen molar-refractivity contribution in [2.75, 3.05) is 37.6 Å². The molecule has 0 radical (unpaired) electrons. The van der Waals surface area contributed by atoms with Crippen LogP contribution in [0.25, 0.3) is 0 Å². The predicted molar refractivity (Wildman–Crippen MR) is 84.6 cm³/mol. The van der Waals surface area contributed by atoms with E-state index in [-0.39, 0.29) is 5.82 Å². The SMILES string of the molecule is CCN(CC)CCCN(CC)c1ccc(F)cc1CN. The van der Waals surface area contributed by atoms with Crippen molar-refractivity contribution in [3.63, 3.8) is 0 Å². The van der Waals surface area contributed by atoms with Crippen molar-refractivity contribution in [2.45, 2.75) is 33.7 Å². The maximum Gasteiger partial charge on any atom is 0.123 e. The average molecular weight is 281 g/mol. The van der Waals surface area contributed by atoms with Gasteiger partial charge in [-0.3, -0.25) is 0 Å². The number of rotatable bonds is 9. The molecule has 0 atom stereocenters. The van der Waals surface area contributed by atoms with Crippen molar-refractivity contribution in [3.05, 3.63) is 29.6 Å². The van der Waals surface area contributed by atoms with Crippen LogP contribution in [-0.4, -0.2) is 37.6 Å². The van der Waals surface area contributed by atoms with Crippen LogP contribution in [0, 0.1) is 5.82 Å². The lowest BCUT2D eigenvalue weighted by Gasteiger charge is -2.27. The molecule has 0 aliphatic heterocycles. The van der Waals surface area contributed by atoms with Gasteiger partial charge in [-0.25, -0.2) is 4.39 Å². The summed E-state index contributed by atoms with van der Waals surface area (Å²) in [4.78, 5) is 4.70. The van der Waals surface area contributed by atoms with Crippen LogP contribution in [0.2, 0.25) is 0 Å². The molecule has 1 aromatic rings. The number of nitrogens with two attached hydrogens (primary N) is 1. The molecule has 1 rings (SSSR count). The molecule has 20 heavy (non-hydrogen) atoms. The van der Waals surface area contributed by atoms with Gasteiger partial charge in [-0.2, -0.15) is 0 Å². The molecule has 0 saturated heterocycles. The molecule has 1 aromatic carbocycles. The van der Waals surface area contributed by atoms with E-state index in [2.05, 4.69) is 30.6 Å². The highest BCUT2D eigenvalue weighted by Gasteiger charge is 2.10. The first-order valence-electron chi connectivity index (χ1n) is 7.61. The molecule has 3 nitrogen and oxygen atoms in total. The summed E-state index contributed by atoms with van der Waals surface area (Å²) in [6.07, 6.45) is 1.11. The van der Waals surface area contributed by atoms with Crippen LogP contribution < -0.4 is 10.6 Å². The smallest absolute Gasteiger partial charge is 0.123 e. The molecule has 0 amide bonds. The molecule has 0 aromatic heterocycles. The zero-order chi connectivity index (χ0) is 15.0. The second-order valence-electron chi connectivity index (χ2n) is 4.94. The minimum absolute atomic E-state index is 0.214. The second-order valence-corrected chi connectivity index (χ2v) is 4.94. The molecule has 0 spiro atoms. The highest BCUT2D eigenvalue weighted by atomic mass is 19.1. The van der Waals surface area contributed by atoms with Gasteiger partial charge in [-0.1, -0.05) is 13.8 Å². The van der Waals surface area contributed by atoms with Gasteiger partial charge in [0.1, 0.15) is 5.82 Å². The maximum atomic E-state index is 13.3. The van der Waals surface area contributed by atoms with E-state index < -0.39 is 0 Å². The Bertz CT molecular complexity index is 391. The highest BCUT2D eigenvalue weighted by Crippen LogP contribution is 2.21. The second kappa shape index (κ2) is 8.93. The van der Waals surface area contributed by atoms with Gasteiger partial charge >= 0.3 is 0 Å². The van der Waals surface area contributed by atoms with Gasteiger partial charge in [-0.15, -0.1) is 0 Å². The van der Waals surface area contributed by atoms with E-state index in [4.69, 9.17) is 5.73 Å². The Morgan fingerprint density at radius 2 is 1.75 bits per heavy atom. The lowest BCUT2D eigenvalue weighted by molar-refractivity contribution is 0.300. The third-order valence-corrected chi connectivity index (χ3v) is 3.78. The van der Waals surface area contributed by atoms with Crippen LogP contribution >= 0.6 is 0 Å². The Morgan fingerprint density at radius 1 is 1.05 bits per heavy atom. The summed E-state index contributed by atoms with van der Waals surface area (Å²) >= 11 is 0. The highest BCUT2D eigenvalue weighted by molar-refractivity contribution is 5.53. The summed E-state index contributed by atoms with van der Waals surface area (Å²) in [5.41, 5.74) is 7.68. The van der Waals surface area contributed by atoms with Crippen LogP contribution in [0.1, 0.15) is 32.8 Å². The number of halogens is 1. The Morgan fingerprint density at radius 3 is 2.30 bits per heavy atom. The standard InChI is InChI=1S/C16H28FN3/c1-4-19(5-2)10-7-11-20(6-3)16-9-8-15(17)12-14(16)13-18/h8-9,12H,4-7,10-11,13,18H2,1-3H3. The molecule has 0 aliphatic rings. The van der Waals surface area contributed by atoms with Crippen molar-refractivity contribution in [1.29, 1.82) is 0 Å². The summed E-state index contributed by atoms with van der Waals surface area (Å²) in [6.45, 7) is 12.0. The van der Waals surface area contributed by atoms with E-state index in [1.807, 2.05) is 6.07 Å². The Balaban J connectivity index is 2.66. The Hall–Kier alpha value is -1.13. The zero-order valence-corrected chi connectivity index (χ0v) is 13.0. The fourth-order valence-electron chi connectivity index (χ4n) is 2.50. The van der Waals surface area contributed by atoms with Gasteiger partial charge in [0.15, 0.2) is 0 Å². The fraction of sp³-hybridized carbons (Fsp3) is 0.625. The van der Waals surface area contributed by atoms with Gasteiger partial charge in [0.2, 0.25) is 0 Å². The zero-order valence-electron chi connectivity index (χ0n) is 13.0. The predicted octanol–water partition coefficient (Wildman–Crippen LogP) is 2.84. The van der Waals surface area contributed by atoms with E-state index in [0.29, 0.717) is 6.54 Å². The number of anilines is 1. The first-order chi connectivity index (χ1) is 9.65. The molecular weight excluding hydrogens is 253 g/mol. The first-order valence-corrected chi connectivity index (χ1v) is 7.61. The van der Waals surface area contributed by atoms with Crippen LogP contribution in [0.4, 0.5) is 10.1 Å². The summed E-state index contributed by atoms with van der Waals surface area (Å²) in [5, 5.41) is 0. The molecule has 114 valence electrons. The van der Waals surface area contributed by atoms with Gasteiger partial charge in [-0.05, 0) is 56.7 Å². The number of hydrogen-bond acceptors (Lipinski definition) is 3. The largest absolute Gasteiger partial charge is 0.372 e. The third kappa shape index (κ3) is 4.76. The van der Waals surface area contributed by atoms with Crippen molar-refractivity contribution in [2.24, 2.45) is 5.73 Å². The Kier molecular flexibility index (Phi) is 7.55. The normalized spacial score (nSPS) is 11.1. The molecule has 0 saturated carbocycles. The topological polar surface area (TPSA) is 32.5 Å². The average Bonchev–Trinajstić information content (AvgIpc) is 2.48. The molecule has 0 fully saturated rings. The van der Waals surface area contributed by atoms with Crippen LogP contribution in [0.3, 0.4) is 0 Å². The quantitative estimate of drug-likeness (QED) is 0.755. The third-order valence-electron chi connectivity index (χ3n) is 3.78. The van der Waals surface area contributed by atoms with Gasteiger partial charge < -0.3 is 15.5 Å². The van der Waals surface area contributed by atoms with E-state index in [9.17, 15) is 4.39 Å². The van der Waals surface area contributed by atoms with Gasteiger partial charge in [0.05, 0.1) is 0 Å². The van der Waals surface area contributed by atoms with E-state index in [0.717, 1.165) is 50.4 Å². The van der Waals surface area contributed by atoms with Gasteiger partial charge in [0, 0.05) is 25.3 Å². The summed E-state index contributed by atoms with van der Waals surface area (Å²) in [5.74, 6) is -0.214. The molecule has 0 bridgehead atoms. The molecule has 0 heterocycles. The van der Waals surface area contributed by atoms with Crippen molar-refractivity contribution in [1.82, 2.24) is 4.90 Å². The lowest BCUT2D eigenvalue weighted by Crippen LogP contribution is -2.30. The molecule has 4 heteroatoms. The number of hydrogen-bond donors (Lipinski definition) is 1. The summed E-state index contributed by atoms with van der Waals surface area (Å²) < 4.78 is 13.3. The lowest BCUT2D eigenvalue weighted by atomic mass is 10.1. The van der Waals surface area contributed by atoms with Crippen LogP contribution in [0.15, 0.2) is 18.2 Å². The van der Waals surface area contributed by atoms with Crippen molar-refractivity contribution < 1.29 is 4.39 Å². The fourth-order valence-corrected chi connectivity index (χ4v) is 2.50. The van der Waals surface area contributed by atoms with Crippen molar-refractivity contribution in [3.8, 4) is 0 Å². The molecule has 0 aliphatic carbocycles. The Labute approximate surface area is 122 Å². The first kappa shape index (κ1) is 16.9. The maximum absolute atomic E-state index is 13.3. The molecule has 2 N–H and O–H groups in total. The van der Waals surface area contributed by atoms with Gasteiger partial charge in [0.25, 0.3) is 0 Å². The van der Waals surface area contributed by atoms with Crippen LogP contribution in [-0.2, 0) is 6.54 Å². The van der Waals surface area contributed by atoms with E-state index >= 15 is 0 Å². The molecule has 0 unspecified atom stereocenters. The summed E-state index contributed by atoms with van der Waals surface area (Å²) in [6, 6.07) is 4.91. The number of nitrogens with zero attached hydrogens (tertiary/aromatic N) is 2. The minimum atomic E-state index is -0.214.